The first-order valence-corrected chi connectivity index (χ1v) is 5.76. The van der Waals surface area contributed by atoms with Gasteiger partial charge in [0.15, 0.2) is 0 Å². The Hall–Kier alpha value is -0.570. The largest absolute Gasteiger partial charge is 0.271 e. The number of rotatable bonds is 5. The Kier molecular flexibility index (Phi) is 5.09. The molecule has 0 saturated heterocycles. The Morgan fingerprint density at radius 1 is 1.33 bits per heavy atom. The maximum atomic E-state index is 5.84. The summed E-state index contributed by atoms with van der Waals surface area (Å²) in [4.78, 5) is 0. The van der Waals surface area contributed by atoms with Crippen LogP contribution < -0.4 is 11.3 Å². The van der Waals surface area contributed by atoms with Crippen LogP contribution in [0.5, 0.6) is 0 Å². The molecule has 1 rings (SSSR count). The van der Waals surface area contributed by atoms with E-state index in [-0.39, 0.29) is 6.04 Å². The highest BCUT2D eigenvalue weighted by Crippen LogP contribution is 2.23. The van der Waals surface area contributed by atoms with Crippen LogP contribution in [0.15, 0.2) is 24.3 Å². The monoisotopic (exact) mass is 226 g/mol. The van der Waals surface area contributed by atoms with E-state index in [1.165, 1.54) is 12.0 Å². The zero-order chi connectivity index (χ0) is 11.3. The van der Waals surface area contributed by atoms with Gasteiger partial charge in [0, 0.05) is 11.1 Å². The van der Waals surface area contributed by atoms with Gasteiger partial charge in [-0.05, 0) is 30.0 Å². The third-order valence-corrected chi connectivity index (χ3v) is 3.06. The summed E-state index contributed by atoms with van der Waals surface area (Å²) in [7, 11) is 0. The van der Waals surface area contributed by atoms with Gasteiger partial charge in [0.05, 0.1) is 0 Å². The van der Waals surface area contributed by atoms with Gasteiger partial charge in [-0.3, -0.25) is 11.3 Å². The van der Waals surface area contributed by atoms with Gasteiger partial charge in [-0.2, -0.15) is 0 Å². The van der Waals surface area contributed by atoms with Crippen LogP contribution in [0.1, 0.15) is 38.3 Å². The second-order valence-electron chi connectivity index (χ2n) is 4.02. The molecule has 1 aromatic rings. The first kappa shape index (κ1) is 12.5. The molecule has 2 unspecified atom stereocenters. The second kappa shape index (κ2) is 6.11. The molecule has 0 fully saturated rings. The lowest BCUT2D eigenvalue weighted by atomic mass is 9.95. The minimum atomic E-state index is 0.220. The number of hydrazine groups is 1. The van der Waals surface area contributed by atoms with Crippen LogP contribution in [0.4, 0.5) is 0 Å². The fourth-order valence-electron chi connectivity index (χ4n) is 1.56. The molecule has 0 aromatic heterocycles. The van der Waals surface area contributed by atoms with E-state index in [4.69, 9.17) is 17.4 Å². The van der Waals surface area contributed by atoms with Gasteiger partial charge in [0.25, 0.3) is 0 Å². The van der Waals surface area contributed by atoms with Crippen molar-refractivity contribution in [1.29, 1.82) is 0 Å². The predicted octanol–water partition coefficient (Wildman–Crippen LogP) is 3.28. The first-order chi connectivity index (χ1) is 7.17. The molecule has 3 N–H and O–H groups in total. The zero-order valence-electron chi connectivity index (χ0n) is 9.33. The fraction of sp³-hybridized carbons (Fsp3) is 0.500. The molecule has 2 atom stereocenters. The molecule has 3 heteroatoms. The normalized spacial score (nSPS) is 14.9. The number of benzene rings is 1. The summed E-state index contributed by atoms with van der Waals surface area (Å²) in [6.45, 7) is 4.43. The third kappa shape index (κ3) is 3.82. The maximum absolute atomic E-state index is 5.84. The molecule has 1 aromatic carbocycles. The topological polar surface area (TPSA) is 38.0 Å². The molecule has 2 nitrogen and oxygen atoms in total. The van der Waals surface area contributed by atoms with E-state index in [1.807, 2.05) is 24.3 Å². The van der Waals surface area contributed by atoms with Crippen molar-refractivity contribution in [2.45, 2.75) is 32.7 Å². The van der Waals surface area contributed by atoms with Crippen molar-refractivity contribution in [3.8, 4) is 0 Å². The quantitative estimate of drug-likeness (QED) is 0.597. The molecule has 84 valence electrons. The van der Waals surface area contributed by atoms with Gasteiger partial charge in [-0.25, -0.2) is 0 Å². The average Bonchev–Trinajstić information content (AvgIpc) is 2.27. The number of hydrogen-bond donors (Lipinski definition) is 2. The molecule has 0 amide bonds. The molecule has 0 saturated carbocycles. The summed E-state index contributed by atoms with van der Waals surface area (Å²) in [6, 6.07) is 8.07. The standard InChI is InChI=1S/C12H19ClN2/c1-3-9(2)8-12(15-14)10-4-6-11(13)7-5-10/h4-7,9,12,15H,3,8,14H2,1-2H3. The van der Waals surface area contributed by atoms with Gasteiger partial charge in [0.1, 0.15) is 0 Å². The Bertz CT molecular complexity index is 284. The molecule has 0 spiro atoms. The van der Waals surface area contributed by atoms with Gasteiger partial charge in [0.2, 0.25) is 0 Å². The SMILES string of the molecule is CCC(C)CC(NN)c1ccc(Cl)cc1. The molecule has 0 aliphatic carbocycles. The summed E-state index contributed by atoms with van der Waals surface area (Å²) in [6.07, 6.45) is 2.22. The van der Waals surface area contributed by atoms with Crippen LogP contribution in [0.3, 0.4) is 0 Å². The Morgan fingerprint density at radius 2 is 1.93 bits per heavy atom. The highest BCUT2D eigenvalue weighted by Gasteiger charge is 2.12. The first-order valence-electron chi connectivity index (χ1n) is 5.39. The summed E-state index contributed by atoms with van der Waals surface area (Å²) < 4.78 is 0. The summed E-state index contributed by atoms with van der Waals surface area (Å²) in [5.41, 5.74) is 4.06. The van der Waals surface area contributed by atoms with Crippen molar-refractivity contribution in [3.05, 3.63) is 34.9 Å². The van der Waals surface area contributed by atoms with Crippen LogP contribution in [-0.2, 0) is 0 Å². The van der Waals surface area contributed by atoms with Crippen LogP contribution >= 0.6 is 11.6 Å². The summed E-state index contributed by atoms with van der Waals surface area (Å²) >= 11 is 5.84. The highest BCUT2D eigenvalue weighted by atomic mass is 35.5. The summed E-state index contributed by atoms with van der Waals surface area (Å²) in [5, 5.41) is 0.762. The molecule has 0 bridgehead atoms. The van der Waals surface area contributed by atoms with E-state index in [2.05, 4.69) is 19.3 Å². The van der Waals surface area contributed by atoms with Crippen LogP contribution in [0.25, 0.3) is 0 Å². The van der Waals surface area contributed by atoms with E-state index < -0.39 is 0 Å². The van der Waals surface area contributed by atoms with E-state index in [0.29, 0.717) is 5.92 Å². The lowest BCUT2D eigenvalue weighted by molar-refractivity contribution is 0.408. The molecular weight excluding hydrogens is 208 g/mol. The van der Waals surface area contributed by atoms with Gasteiger partial charge < -0.3 is 0 Å². The Balaban J connectivity index is 2.69. The van der Waals surface area contributed by atoms with E-state index in [9.17, 15) is 0 Å². The van der Waals surface area contributed by atoms with Crippen LogP contribution in [-0.4, -0.2) is 0 Å². The molecule has 0 heterocycles. The zero-order valence-corrected chi connectivity index (χ0v) is 10.1. The summed E-state index contributed by atoms with van der Waals surface area (Å²) in [5.74, 6) is 6.23. The minimum absolute atomic E-state index is 0.220. The smallest absolute Gasteiger partial charge is 0.0462 e. The Labute approximate surface area is 96.8 Å². The van der Waals surface area contributed by atoms with Crippen LogP contribution in [0, 0.1) is 5.92 Å². The molecule has 0 aliphatic rings. The van der Waals surface area contributed by atoms with E-state index >= 15 is 0 Å². The van der Waals surface area contributed by atoms with Crippen molar-refractivity contribution < 1.29 is 0 Å². The molecular formula is C12H19ClN2. The van der Waals surface area contributed by atoms with Gasteiger partial charge in [-0.15, -0.1) is 0 Å². The van der Waals surface area contributed by atoms with Gasteiger partial charge >= 0.3 is 0 Å². The lowest BCUT2D eigenvalue weighted by Crippen LogP contribution is -2.29. The number of nitrogens with one attached hydrogen (secondary N) is 1. The third-order valence-electron chi connectivity index (χ3n) is 2.81. The molecule has 15 heavy (non-hydrogen) atoms. The van der Waals surface area contributed by atoms with Crippen LogP contribution in [0.2, 0.25) is 5.02 Å². The highest BCUT2D eigenvalue weighted by molar-refractivity contribution is 6.30. The predicted molar refractivity (Wildman–Crippen MR) is 65.6 cm³/mol. The van der Waals surface area contributed by atoms with Crippen molar-refractivity contribution in [1.82, 2.24) is 5.43 Å². The number of hydrogen-bond acceptors (Lipinski definition) is 2. The van der Waals surface area contributed by atoms with Crippen molar-refractivity contribution >= 4 is 11.6 Å². The Morgan fingerprint density at radius 3 is 2.40 bits per heavy atom. The molecule has 0 aliphatic heterocycles. The fourth-order valence-corrected chi connectivity index (χ4v) is 1.69. The van der Waals surface area contributed by atoms with E-state index in [0.717, 1.165) is 11.4 Å². The minimum Gasteiger partial charge on any atom is -0.271 e. The number of halogens is 1. The molecule has 0 radical (unpaired) electrons. The van der Waals surface area contributed by atoms with E-state index in [1.54, 1.807) is 0 Å². The lowest BCUT2D eigenvalue weighted by Gasteiger charge is -2.19. The second-order valence-corrected chi connectivity index (χ2v) is 4.46. The van der Waals surface area contributed by atoms with Crippen molar-refractivity contribution in [2.75, 3.05) is 0 Å². The number of nitrogens with two attached hydrogens (primary N) is 1. The maximum Gasteiger partial charge on any atom is 0.0462 e. The van der Waals surface area contributed by atoms with Crippen molar-refractivity contribution in [3.63, 3.8) is 0 Å². The van der Waals surface area contributed by atoms with Crippen molar-refractivity contribution in [2.24, 2.45) is 11.8 Å². The van der Waals surface area contributed by atoms with Gasteiger partial charge in [-0.1, -0.05) is 44.0 Å². The average molecular weight is 227 g/mol.